The Morgan fingerprint density at radius 1 is 1.23 bits per heavy atom. The van der Waals surface area contributed by atoms with E-state index < -0.39 is 0 Å². The molecule has 1 aliphatic rings. The summed E-state index contributed by atoms with van der Waals surface area (Å²) in [5.41, 5.74) is 2.67. The quantitative estimate of drug-likeness (QED) is 0.762. The number of hydrogen-bond acceptors (Lipinski definition) is 5. The van der Waals surface area contributed by atoms with Crippen LogP contribution in [0.2, 0.25) is 5.02 Å². The summed E-state index contributed by atoms with van der Waals surface area (Å²) < 4.78 is 14.8. The highest BCUT2D eigenvalue weighted by Crippen LogP contribution is 2.24. The molecule has 26 heavy (non-hydrogen) atoms. The van der Waals surface area contributed by atoms with Crippen molar-refractivity contribution >= 4 is 11.6 Å². The maximum absolute atomic E-state index is 13.2. The van der Waals surface area contributed by atoms with Crippen LogP contribution in [-0.4, -0.2) is 44.5 Å². The van der Waals surface area contributed by atoms with Gasteiger partial charge in [0.05, 0.1) is 22.6 Å². The first-order valence-electron chi connectivity index (χ1n) is 8.42. The van der Waals surface area contributed by atoms with Crippen LogP contribution in [0.4, 0.5) is 4.39 Å². The van der Waals surface area contributed by atoms with Gasteiger partial charge in [-0.1, -0.05) is 16.8 Å². The van der Waals surface area contributed by atoms with Crippen molar-refractivity contribution in [1.82, 2.24) is 30.2 Å². The molecule has 1 N–H and O–H groups in total. The molecule has 0 amide bonds. The first-order chi connectivity index (χ1) is 12.7. The van der Waals surface area contributed by atoms with E-state index >= 15 is 0 Å². The van der Waals surface area contributed by atoms with Gasteiger partial charge in [0.1, 0.15) is 5.82 Å². The number of pyridine rings is 1. The second-order valence-electron chi connectivity index (χ2n) is 6.22. The van der Waals surface area contributed by atoms with E-state index in [1.807, 2.05) is 30.7 Å². The van der Waals surface area contributed by atoms with Gasteiger partial charge in [0.25, 0.3) is 0 Å². The number of piperazine rings is 1. The molecule has 6 nitrogen and oxygen atoms in total. The molecular formula is C18H18ClFN6. The molecular weight excluding hydrogens is 355 g/mol. The van der Waals surface area contributed by atoms with Crippen LogP contribution in [0.1, 0.15) is 17.3 Å². The zero-order chi connectivity index (χ0) is 17.9. The third kappa shape index (κ3) is 3.60. The highest BCUT2D eigenvalue weighted by atomic mass is 35.5. The highest BCUT2D eigenvalue weighted by Gasteiger charge is 2.24. The first kappa shape index (κ1) is 17.1. The van der Waals surface area contributed by atoms with Crippen molar-refractivity contribution in [3.05, 3.63) is 71.0 Å². The van der Waals surface area contributed by atoms with Crippen molar-refractivity contribution in [2.24, 2.45) is 0 Å². The smallest absolute Gasteiger partial charge is 0.124 e. The average Bonchev–Trinajstić information content (AvgIpc) is 3.11. The number of halogens is 2. The molecule has 2 aromatic heterocycles. The molecule has 3 aromatic rings. The van der Waals surface area contributed by atoms with E-state index in [-0.39, 0.29) is 11.9 Å². The molecule has 1 atom stereocenters. The van der Waals surface area contributed by atoms with Crippen LogP contribution in [0.3, 0.4) is 0 Å². The van der Waals surface area contributed by atoms with E-state index in [2.05, 4.69) is 25.5 Å². The Morgan fingerprint density at radius 3 is 2.88 bits per heavy atom. The number of nitrogens with one attached hydrogen (secondary N) is 1. The maximum atomic E-state index is 13.2. The Labute approximate surface area is 155 Å². The van der Waals surface area contributed by atoms with Gasteiger partial charge in [-0.15, -0.1) is 5.10 Å². The lowest BCUT2D eigenvalue weighted by molar-refractivity contribution is 0.152. The summed E-state index contributed by atoms with van der Waals surface area (Å²) in [5, 5.41) is 12.2. The molecule has 0 saturated carbocycles. The zero-order valence-corrected chi connectivity index (χ0v) is 14.8. The lowest BCUT2D eigenvalue weighted by Gasteiger charge is -2.35. The molecule has 134 valence electrons. The van der Waals surface area contributed by atoms with Gasteiger partial charge in [-0.2, -0.15) is 0 Å². The van der Waals surface area contributed by atoms with Gasteiger partial charge in [0.15, 0.2) is 0 Å². The molecule has 1 aromatic carbocycles. The molecule has 1 aliphatic heterocycles. The second-order valence-corrected chi connectivity index (χ2v) is 6.63. The van der Waals surface area contributed by atoms with Gasteiger partial charge in [0, 0.05) is 44.6 Å². The highest BCUT2D eigenvalue weighted by molar-refractivity contribution is 6.32. The third-order valence-electron chi connectivity index (χ3n) is 4.51. The van der Waals surface area contributed by atoms with Gasteiger partial charge in [-0.05, 0) is 35.9 Å². The van der Waals surface area contributed by atoms with E-state index in [4.69, 9.17) is 11.6 Å². The molecule has 8 heteroatoms. The van der Waals surface area contributed by atoms with Crippen LogP contribution < -0.4 is 5.32 Å². The molecule has 0 radical (unpaired) electrons. The molecule has 1 fully saturated rings. The Hall–Kier alpha value is -2.35. The molecule has 0 aliphatic carbocycles. The van der Waals surface area contributed by atoms with Crippen molar-refractivity contribution in [3.8, 4) is 5.69 Å². The van der Waals surface area contributed by atoms with Crippen molar-refractivity contribution in [2.45, 2.75) is 12.6 Å². The fourth-order valence-electron chi connectivity index (χ4n) is 3.21. The Bertz CT molecular complexity index is 884. The summed E-state index contributed by atoms with van der Waals surface area (Å²) in [6.45, 7) is 3.39. The number of aromatic nitrogens is 4. The largest absolute Gasteiger partial charge is 0.314 e. The standard InChI is InChI=1S/C18H18ClFN6/c19-16-9-14(20)1-2-17(16)26-12-15(23-24-26)11-25-8-7-22-10-18(25)13-3-5-21-6-4-13/h1-6,9,12,18,22H,7-8,10-11H2. The van der Waals surface area contributed by atoms with Crippen LogP contribution in [0.5, 0.6) is 0 Å². The van der Waals surface area contributed by atoms with E-state index in [1.54, 1.807) is 10.7 Å². The molecule has 1 unspecified atom stereocenters. The number of benzene rings is 1. The first-order valence-corrected chi connectivity index (χ1v) is 8.80. The maximum Gasteiger partial charge on any atom is 0.124 e. The molecule has 0 bridgehead atoms. The van der Waals surface area contributed by atoms with Crippen molar-refractivity contribution in [1.29, 1.82) is 0 Å². The summed E-state index contributed by atoms with van der Waals surface area (Å²) in [6.07, 6.45) is 5.47. The van der Waals surface area contributed by atoms with E-state index in [0.29, 0.717) is 17.3 Å². The lowest BCUT2D eigenvalue weighted by Crippen LogP contribution is -2.45. The molecule has 0 spiro atoms. The molecule has 4 rings (SSSR count). The van der Waals surface area contributed by atoms with Crippen molar-refractivity contribution in [2.75, 3.05) is 19.6 Å². The molecule has 3 heterocycles. The van der Waals surface area contributed by atoms with Crippen LogP contribution in [0, 0.1) is 5.82 Å². The normalized spacial score (nSPS) is 18.2. The Morgan fingerprint density at radius 2 is 2.08 bits per heavy atom. The van der Waals surface area contributed by atoms with Gasteiger partial charge < -0.3 is 5.32 Å². The van der Waals surface area contributed by atoms with Gasteiger partial charge in [0.2, 0.25) is 0 Å². The van der Waals surface area contributed by atoms with Crippen LogP contribution in [0.25, 0.3) is 5.69 Å². The summed E-state index contributed by atoms with van der Waals surface area (Å²) in [7, 11) is 0. The van der Waals surface area contributed by atoms with Crippen molar-refractivity contribution in [3.63, 3.8) is 0 Å². The number of rotatable bonds is 4. The summed E-state index contributed by atoms with van der Waals surface area (Å²) in [4.78, 5) is 6.46. The van der Waals surface area contributed by atoms with E-state index in [0.717, 1.165) is 25.3 Å². The van der Waals surface area contributed by atoms with E-state index in [9.17, 15) is 4.39 Å². The van der Waals surface area contributed by atoms with Crippen LogP contribution in [-0.2, 0) is 6.54 Å². The van der Waals surface area contributed by atoms with Gasteiger partial charge in [-0.25, -0.2) is 9.07 Å². The zero-order valence-electron chi connectivity index (χ0n) is 14.0. The lowest BCUT2D eigenvalue weighted by atomic mass is 10.0. The topological polar surface area (TPSA) is 58.9 Å². The summed E-state index contributed by atoms with van der Waals surface area (Å²) in [6, 6.07) is 8.57. The second kappa shape index (κ2) is 7.49. The van der Waals surface area contributed by atoms with Gasteiger partial charge >= 0.3 is 0 Å². The fraction of sp³-hybridized carbons (Fsp3) is 0.278. The summed E-state index contributed by atoms with van der Waals surface area (Å²) in [5.74, 6) is -0.375. The summed E-state index contributed by atoms with van der Waals surface area (Å²) >= 11 is 6.12. The third-order valence-corrected chi connectivity index (χ3v) is 4.81. The fourth-order valence-corrected chi connectivity index (χ4v) is 3.47. The SMILES string of the molecule is Fc1ccc(-n2cc(CN3CCNCC3c3ccncc3)nn2)c(Cl)c1. The van der Waals surface area contributed by atoms with Crippen LogP contribution >= 0.6 is 11.6 Å². The minimum Gasteiger partial charge on any atom is -0.314 e. The van der Waals surface area contributed by atoms with E-state index in [1.165, 1.54) is 17.7 Å². The average molecular weight is 373 g/mol. The molecule has 1 saturated heterocycles. The number of nitrogens with zero attached hydrogens (tertiary/aromatic N) is 5. The van der Waals surface area contributed by atoms with Crippen molar-refractivity contribution < 1.29 is 4.39 Å². The minimum absolute atomic E-state index is 0.256. The predicted molar refractivity (Wildman–Crippen MR) is 96.6 cm³/mol. The minimum atomic E-state index is -0.375. The predicted octanol–water partition coefficient (Wildman–Crippen LogP) is 2.60. The Balaban J connectivity index is 1.54. The monoisotopic (exact) mass is 372 g/mol. The number of hydrogen-bond donors (Lipinski definition) is 1. The Kier molecular flexibility index (Phi) is 4.92. The van der Waals surface area contributed by atoms with Gasteiger partial charge in [-0.3, -0.25) is 9.88 Å². The van der Waals surface area contributed by atoms with Crippen LogP contribution in [0.15, 0.2) is 48.9 Å².